The zero-order valence-electron chi connectivity index (χ0n) is 19.5. The predicted molar refractivity (Wildman–Crippen MR) is 128 cm³/mol. The fraction of sp³-hybridized carbons (Fsp3) is 0.583. The lowest BCUT2D eigenvalue weighted by Crippen LogP contribution is -2.44. The van der Waals surface area contributed by atoms with Crippen molar-refractivity contribution in [2.45, 2.75) is 50.8 Å². The van der Waals surface area contributed by atoms with E-state index >= 15 is 0 Å². The third kappa shape index (κ3) is 3.50. The van der Waals surface area contributed by atoms with E-state index in [-0.39, 0.29) is 12.3 Å². The van der Waals surface area contributed by atoms with E-state index in [9.17, 15) is 5.26 Å². The minimum atomic E-state index is -0.610. The van der Waals surface area contributed by atoms with Crippen LogP contribution in [0.4, 0.5) is 5.82 Å². The van der Waals surface area contributed by atoms with Crippen molar-refractivity contribution < 1.29 is 14.2 Å². The molecule has 3 aromatic rings. The summed E-state index contributed by atoms with van der Waals surface area (Å²) in [5.74, 6) is 0.878. The van der Waals surface area contributed by atoms with Gasteiger partial charge in [0, 0.05) is 26.2 Å². The van der Waals surface area contributed by atoms with E-state index in [0.717, 1.165) is 58.3 Å². The Balaban J connectivity index is 1.57. The van der Waals surface area contributed by atoms with Gasteiger partial charge < -0.3 is 19.1 Å². The van der Waals surface area contributed by atoms with E-state index in [1.807, 2.05) is 11.6 Å². The first-order valence-electron chi connectivity index (χ1n) is 11.9. The molecule has 0 aliphatic carbocycles. The molecule has 6 heterocycles. The highest BCUT2D eigenvalue weighted by molar-refractivity contribution is 7.13. The van der Waals surface area contributed by atoms with Crippen LogP contribution in [0, 0.1) is 18.3 Å². The van der Waals surface area contributed by atoms with Crippen molar-refractivity contribution in [1.29, 1.82) is 5.26 Å². The van der Waals surface area contributed by atoms with E-state index in [1.165, 1.54) is 11.5 Å². The number of anilines is 1. The number of rotatable bonds is 4. The van der Waals surface area contributed by atoms with Crippen LogP contribution in [0.3, 0.4) is 0 Å². The highest BCUT2D eigenvalue weighted by atomic mass is 32.1. The van der Waals surface area contributed by atoms with Gasteiger partial charge in [0.1, 0.15) is 17.0 Å². The second-order valence-corrected chi connectivity index (χ2v) is 10.2. The summed E-state index contributed by atoms with van der Waals surface area (Å²) in [6, 6.07) is 7.03. The third-order valence-electron chi connectivity index (χ3n) is 7.20. The van der Waals surface area contributed by atoms with Crippen molar-refractivity contribution in [3.8, 4) is 17.5 Å². The van der Waals surface area contributed by atoms with Crippen LogP contribution >= 0.6 is 11.5 Å². The van der Waals surface area contributed by atoms with Gasteiger partial charge in [-0.05, 0) is 55.9 Å². The van der Waals surface area contributed by atoms with Crippen molar-refractivity contribution in [3.63, 3.8) is 0 Å². The molecule has 0 amide bonds. The van der Waals surface area contributed by atoms with Gasteiger partial charge in [0.25, 0.3) is 0 Å². The van der Waals surface area contributed by atoms with E-state index in [2.05, 4.69) is 30.0 Å². The van der Waals surface area contributed by atoms with Crippen LogP contribution in [0.2, 0.25) is 0 Å². The summed E-state index contributed by atoms with van der Waals surface area (Å²) in [6.07, 6.45) is 2.20. The summed E-state index contributed by atoms with van der Waals surface area (Å²) in [4.78, 5) is 7.44. The molecule has 0 radical (unpaired) electrons. The van der Waals surface area contributed by atoms with Gasteiger partial charge in [0.2, 0.25) is 0 Å². The summed E-state index contributed by atoms with van der Waals surface area (Å²) < 4.78 is 24.8. The molecule has 6 rings (SSSR count). The Bertz CT molecular complexity index is 1250. The summed E-state index contributed by atoms with van der Waals surface area (Å²) in [5.41, 5.74) is 3.88. The Kier molecular flexibility index (Phi) is 5.53. The van der Waals surface area contributed by atoms with Gasteiger partial charge in [-0.15, -0.1) is 0 Å². The maximum absolute atomic E-state index is 10.4. The lowest BCUT2D eigenvalue weighted by Gasteiger charge is -2.36. The van der Waals surface area contributed by atoms with Crippen LogP contribution in [0.5, 0.6) is 0 Å². The molecule has 34 heavy (non-hydrogen) atoms. The van der Waals surface area contributed by atoms with Crippen LogP contribution in [0.15, 0.2) is 12.1 Å². The van der Waals surface area contributed by atoms with E-state index in [4.69, 9.17) is 28.7 Å². The fourth-order valence-corrected chi connectivity index (χ4v) is 6.08. The molecule has 3 aromatic heterocycles. The number of morpholine rings is 1. The minimum Gasteiger partial charge on any atom is -0.381 e. The standard InChI is InChI=1S/C24H28N6O3S/c1-15-11-18(30(27-15)20-3-7-33-20)21-22-23(34-28-21)17(24(14-25)4-8-31-9-5-24)12-19(26-22)29-6-10-32-13-16(29)2/h11-12,16,20H,3-10,13H2,1-2H3/t16-,20?/m1/s1. The number of aryl methyl sites for hydroxylation is 1. The van der Waals surface area contributed by atoms with Crippen molar-refractivity contribution in [2.75, 3.05) is 44.5 Å². The predicted octanol–water partition coefficient (Wildman–Crippen LogP) is 3.58. The molecule has 0 aromatic carbocycles. The topological polar surface area (TPSA) is 98.3 Å². The van der Waals surface area contributed by atoms with E-state index in [1.54, 1.807) is 0 Å². The molecule has 1 unspecified atom stereocenters. The molecule has 10 heteroatoms. The van der Waals surface area contributed by atoms with Crippen LogP contribution < -0.4 is 4.90 Å². The van der Waals surface area contributed by atoms with Gasteiger partial charge in [-0.2, -0.15) is 14.7 Å². The number of pyridine rings is 1. The van der Waals surface area contributed by atoms with Gasteiger partial charge in [0.15, 0.2) is 6.23 Å². The largest absolute Gasteiger partial charge is 0.381 e. The van der Waals surface area contributed by atoms with Gasteiger partial charge >= 0.3 is 0 Å². The second-order valence-electron chi connectivity index (χ2n) is 9.39. The zero-order valence-corrected chi connectivity index (χ0v) is 20.3. The molecule has 3 aliphatic rings. The van der Waals surface area contributed by atoms with Crippen molar-refractivity contribution in [1.82, 2.24) is 19.1 Å². The summed E-state index contributed by atoms with van der Waals surface area (Å²) in [7, 11) is 0. The van der Waals surface area contributed by atoms with E-state index < -0.39 is 5.41 Å². The number of aromatic nitrogens is 4. The smallest absolute Gasteiger partial charge is 0.153 e. The van der Waals surface area contributed by atoms with Gasteiger partial charge in [-0.1, -0.05) is 0 Å². The fourth-order valence-electron chi connectivity index (χ4n) is 5.14. The molecule has 3 aliphatic heterocycles. The highest BCUT2D eigenvalue weighted by Crippen LogP contribution is 2.44. The average molecular weight is 481 g/mol. The number of ether oxygens (including phenoxy) is 3. The molecule has 0 spiro atoms. The van der Waals surface area contributed by atoms with Gasteiger partial charge in [-0.25, -0.2) is 9.67 Å². The van der Waals surface area contributed by atoms with Gasteiger partial charge in [0.05, 0.1) is 53.4 Å². The normalized spacial score (nSPS) is 24.7. The van der Waals surface area contributed by atoms with Crippen molar-refractivity contribution >= 4 is 27.6 Å². The quantitative estimate of drug-likeness (QED) is 0.559. The maximum Gasteiger partial charge on any atom is 0.153 e. The minimum absolute atomic E-state index is 0.0664. The van der Waals surface area contributed by atoms with E-state index in [0.29, 0.717) is 39.3 Å². The molecular weight excluding hydrogens is 452 g/mol. The third-order valence-corrected chi connectivity index (χ3v) is 8.07. The zero-order chi connectivity index (χ0) is 23.3. The van der Waals surface area contributed by atoms with Crippen molar-refractivity contribution in [3.05, 3.63) is 23.4 Å². The monoisotopic (exact) mass is 480 g/mol. The number of hydrogen-bond donors (Lipinski definition) is 0. The average Bonchev–Trinajstić information content (AvgIpc) is 3.41. The number of hydrogen-bond acceptors (Lipinski definition) is 9. The lowest BCUT2D eigenvalue weighted by molar-refractivity contribution is -0.105. The molecule has 0 saturated carbocycles. The molecule has 0 N–H and O–H groups in total. The molecule has 0 bridgehead atoms. The van der Waals surface area contributed by atoms with Crippen LogP contribution in [-0.4, -0.2) is 64.8 Å². The van der Waals surface area contributed by atoms with Crippen LogP contribution in [-0.2, 0) is 19.6 Å². The number of nitrogens with zero attached hydrogens (tertiary/aromatic N) is 6. The molecule has 9 nitrogen and oxygen atoms in total. The number of fused-ring (bicyclic) bond motifs is 1. The highest BCUT2D eigenvalue weighted by Gasteiger charge is 2.39. The van der Waals surface area contributed by atoms with Gasteiger partial charge in [-0.3, -0.25) is 0 Å². The lowest BCUT2D eigenvalue weighted by atomic mass is 9.75. The SMILES string of the molecule is Cc1cc(-c2nsc3c(C4(C#N)CCOCC4)cc(N4CCOC[C@H]4C)nc23)n(C2CCO2)n1. The Morgan fingerprint density at radius 2 is 2.00 bits per heavy atom. The Morgan fingerprint density at radius 3 is 2.71 bits per heavy atom. The first-order valence-corrected chi connectivity index (χ1v) is 12.7. The maximum atomic E-state index is 10.4. The molecule has 178 valence electrons. The Labute approximate surface area is 202 Å². The number of nitriles is 1. The second kappa shape index (κ2) is 8.57. The van der Waals surface area contributed by atoms with Crippen molar-refractivity contribution in [2.24, 2.45) is 0 Å². The molecule has 2 atom stereocenters. The van der Waals surface area contributed by atoms with Crippen LogP contribution in [0.25, 0.3) is 21.6 Å². The Hall–Kier alpha value is -2.58. The summed E-state index contributed by atoms with van der Waals surface area (Å²) >= 11 is 1.42. The van der Waals surface area contributed by atoms with Crippen LogP contribution in [0.1, 0.15) is 43.7 Å². The molecule has 3 saturated heterocycles. The first kappa shape index (κ1) is 21.9. The Morgan fingerprint density at radius 1 is 1.18 bits per heavy atom. The molecule has 3 fully saturated rings. The summed E-state index contributed by atoms with van der Waals surface area (Å²) in [5, 5.41) is 15.1. The first-order chi connectivity index (χ1) is 16.6. The summed E-state index contributed by atoms with van der Waals surface area (Å²) in [6.45, 7) is 8.13. The molecular formula is C24H28N6O3S.